The molecule has 0 radical (unpaired) electrons. The maximum Gasteiger partial charge on any atom is -0.00248 e. The molecule has 0 amide bonds. The molecular formula is C28H59N. The van der Waals surface area contributed by atoms with Gasteiger partial charge < -0.3 is 4.90 Å². The van der Waals surface area contributed by atoms with Crippen LogP contribution in [-0.4, -0.2) is 25.5 Å². The lowest BCUT2D eigenvalue weighted by molar-refractivity contribution is 0.389. The highest BCUT2D eigenvalue weighted by Gasteiger charge is 2.05. The molecule has 0 bridgehead atoms. The van der Waals surface area contributed by atoms with Crippen LogP contribution in [0, 0.1) is 5.92 Å². The molecule has 1 nitrogen and oxygen atoms in total. The fourth-order valence-corrected chi connectivity index (χ4v) is 4.56. The highest BCUT2D eigenvalue weighted by molar-refractivity contribution is 4.58. The highest BCUT2D eigenvalue weighted by atomic mass is 15.0. The first-order valence-electron chi connectivity index (χ1n) is 13.8. The fourth-order valence-electron chi connectivity index (χ4n) is 4.56. The summed E-state index contributed by atoms with van der Waals surface area (Å²) in [5.41, 5.74) is 0. The molecule has 0 saturated heterocycles. The van der Waals surface area contributed by atoms with Gasteiger partial charge in [0, 0.05) is 0 Å². The normalized spacial score (nSPS) is 12.7. The molecule has 1 heteroatoms. The number of nitrogens with zero attached hydrogens (tertiary/aromatic N) is 1. The Hall–Kier alpha value is -0.0400. The first-order valence-corrected chi connectivity index (χ1v) is 13.8. The van der Waals surface area contributed by atoms with Gasteiger partial charge in [0.2, 0.25) is 0 Å². The summed E-state index contributed by atoms with van der Waals surface area (Å²) >= 11 is 0. The maximum absolute atomic E-state index is 2.38. The summed E-state index contributed by atoms with van der Waals surface area (Å²) < 4.78 is 0. The van der Waals surface area contributed by atoms with Crippen LogP contribution in [0.2, 0.25) is 0 Å². The van der Waals surface area contributed by atoms with Crippen LogP contribution in [0.15, 0.2) is 0 Å². The quantitative estimate of drug-likeness (QED) is 0.143. The first-order chi connectivity index (χ1) is 14.2. The van der Waals surface area contributed by atoms with Crippen molar-refractivity contribution in [2.45, 2.75) is 155 Å². The minimum absolute atomic E-state index is 1.02. The minimum Gasteiger partial charge on any atom is -0.309 e. The van der Waals surface area contributed by atoms with Crippen LogP contribution in [0.1, 0.15) is 155 Å². The van der Waals surface area contributed by atoms with E-state index in [0.717, 1.165) is 5.92 Å². The zero-order chi connectivity index (χ0) is 21.4. The Labute approximate surface area is 186 Å². The lowest BCUT2D eigenvalue weighted by Crippen LogP contribution is -2.12. The molecule has 0 aromatic rings. The van der Waals surface area contributed by atoms with Crippen LogP contribution < -0.4 is 0 Å². The van der Waals surface area contributed by atoms with Crippen molar-refractivity contribution in [2.24, 2.45) is 5.92 Å². The topological polar surface area (TPSA) is 3.24 Å². The van der Waals surface area contributed by atoms with Gasteiger partial charge in [-0.25, -0.2) is 0 Å². The molecule has 0 rings (SSSR count). The van der Waals surface area contributed by atoms with Gasteiger partial charge in [-0.15, -0.1) is 0 Å². The van der Waals surface area contributed by atoms with E-state index in [1.807, 2.05) is 0 Å². The SMILES string of the molecule is CCCCC(CC)CCCCCCCCCCCCCCCCCCCN(C)C. The predicted molar refractivity (Wildman–Crippen MR) is 135 cm³/mol. The molecule has 0 heterocycles. The first kappa shape index (κ1) is 29.0. The average molecular weight is 410 g/mol. The lowest BCUT2D eigenvalue weighted by atomic mass is 9.93. The Balaban J connectivity index is 3.11. The largest absolute Gasteiger partial charge is 0.309 e. The van der Waals surface area contributed by atoms with Crippen LogP contribution in [0.5, 0.6) is 0 Å². The molecule has 0 aliphatic heterocycles. The number of hydrogen-bond acceptors (Lipinski definition) is 1. The highest BCUT2D eigenvalue weighted by Crippen LogP contribution is 2.20. The van der Waals surface area contributed by atoms with Crippen molar-refractivity contribution in [1.29, 1.82) is 0 Å². The van der Waals surface area contributed by atoms with E-state index in [1.54, 1.807) is 0 Å². The van der Waals surface area contributed by atoms with Gasteiger partial charge in [-0.05, 0) is 33.0 Å². The van der Waals surface area contributed by atoms with Crippen molar-refractivity contribution >= 4 is 0 Å². The van der Waals surface area contributed by atoms with Crippen molar-refractivity contribution in [3.63, 3.8) is 0 Å². The Morgan fingerprint density at radius 1 is 0.448 bits per heavy atom. The van der Waals surface area contributed by atoms with E-state index in [2.05, 4.69) is 32.8 Å². The van der Waals surface area contributed by atoms with E-state index in [-0.39, 0.29) is 0 Å². The second-order valence-electron chi connectivity index (χ2n) is 10.0. The van der Waals surface area contributed by atoms with Crippen molar-refractivity contribution < 1.29 is 0 Å². The molecule has 0 aromatic heterocycles. The number of rotatable bonds is 24. The average Bonchev–Trinajstić information content (AvgIpc) is 2.71. The van der Waals surface area contributed by atoms with Crippen LogP contribution in [0.3, 0.4) is 0 Å². The summed E-state index contributed by atoms with van der Waals surface area (Å²) in [5.74, 6) is 1.02. The van der Waals surface area contributed by atoms with Crippen LogP contribution in [0.25, 0.3) is 0 Å². The third-order valence-electron chi connectivity index (χ3n) is 6.76. The number of unbranched alkanes of at least 4 members (excludes halogenated alkanes) is 17. The maximum atomic E-state index is 2.38. The summed E-state index contributed by atoms with van der Waals surface area (Å²) in [6.07, 6.45) is 32.2. The van der Waals surface area contributed by atoms with Crippen molar-refractivity contribution in [2.75, 3.05) is 20.6 Å². The van der Waals surface area contributed by atoms with Gasteiger partial charge in [0.15, 0.2) is 0 Å². The molecule has 0 aliphatic carbocycles. The summed E-state index contributed by atoms with van der Waals surface area (Å²) in [5, 5.41) is 0. The van der Waals surface area contributed by atoms with E-state index >= 15 is 0 Å². The van der Waals surface area contributed by atoms with E-state index in [4.69, 9.17) is 0 Å². The van der Waals surface area contributed by atoms with Gasteiger partial charge in [-0.3, -0.25) is 0 Å². The Bertz CT molecular complexity index is 286. The minimum atomic E-state index is 1.02. The molecule has 0 fully saturated rings. The van der Waals surface area contributed by atoms with Crippen molar-refractivity contribution in [3.8, 4) is 0 Å². The Kier molecular flexibility index (Phi) is 24.2. The predicted octanol–water partition coefficient (Wildman–Crippen LogP) is 9.79. The molecule has 0 saturated carbocycles. The fraction of sp³-hybridized carbons (Fsp3) is 1.00. The van der Waals surface area contributed by atoms with E-state index in [1.165, 1.54) is 148 Å². The summed E-state index contributed by atoms with van der Waals surface area (Å²) in [4.78, 5) is 2.30. The number of hydrogen-bond donors (Lipinski definition) is 0. The van der Waals surface area contributed by atoms with Crippen LogP contribution >= 0.6 is 0 Å². The summed E-state index contributed by atoms with van der Waals surface area (Å²) in [6, 6.07) is 0. The second-order valence-corrected chi connectivity index (χ2v) is 10.0. The summed E-state index contributed by atoms with van der Waals surface area (Å²) in [7, 11) is 4.36. The van der Waals surface area contributed by atoms with Crippen molar-refractivity contribution in [3.05, 3.63) is 0 Å². The Morgan fingerprint density at radius 2 is 0.793 bits per heavy atom. The van der Waals surface area contributed by atoms with Gasteiger partial charge in [-0.2, -0.15) is 0 Å². The van der Waals surface area contributed by atoms with E-state index < -0.39 is 0 Å². The molecule has 0 N–H and O–H groups in total. The zero-order valence-electron chi connectivity index (χ0n) is 21.3. The molecule has 29 heavy (non-hydrogen) atoms. The molecule has 1 atom stereocenters. The molecule has 0 aliphatic rings. The van der Waals surface area contributed by atoms with Gasteiger partial charge in [-0.1, -0.05) is 149 Å². The second kappa shape index (κ2) is 24.2. The van der Waals surface area contributed by atoms with Gasteiger partial charge in [0.25, 0.3) is 0 Å². The molecule has 0 spiro atoms. The molecule has 0 aromatic carbocycles. The molecule has 1 unspecified atom stereocenters. The van der Waals surface area contributed by atoms with Gasteiger partial charge >= 0.3 is 0 Å². The third-order valence-corrected chi connectivity index (χ3v) is 6.76. The lowest BCUT2D eigenvalue weighted by Gasteiger charge is -2.13. The monoisotopic (exact) mass is 409 g/mol. The Morgan fingerprint density at radius 3 is 1.14 bits per heavy atom. The van der Waals surface area contributed by atoms with Gasteiger partial charge in [0.1, 0.15) is 0 Å². The molecular weight excluding hydrogens is 350 g/mol. The smallest absolute Gasteiger partial charge is 0.00248 e. The van der Waals surface area contributed by atoms with Crippen LogP contribution in [0.4, 0.5) is 0 Å². The van der Waals surface area contributed by atoms with E-state index in [9.17, 15) is 0 Å². The zero-order valence-corrected chi connectivity index (χ0v) is 21.3. The van der Waals surface area contributed by atoms with E-state index in [0.29, 0.717) is 0 Å². The van der Waals surface area contributed by atoms with Gasteiger partial charge in [0.05, 0.1) is 0 Å². The molecule has 176 valence electrons. The standard InChI is InChI=1S/C28H59N/c1-5-7-25-28(6-2)26-23-21-19-17-15-13-11-9-8-10-12-14-16-18-20-22-24-27-29(3)4/h28H,5-27H2,1-4H3. The third kappa shape index (κ3) is 24.1. The van der Waals surface area contributed by atoms with Crippen molar-refractivity contribution in [1.82, 2.24) is 4.90 Å². The van der Waals surface area contributed by atoms with Crippen LogP contribution in [-0.2, 0) is 0 Å². The summed E-state index contributed by atoms with van der Waals surface area (Å²) in [6.45, 7) is 5.97.